The molecule has 1 spiro atoms. The number of piperidine rings is 1. The van der Waals surface area contributed by atoms with Gasteiger partial charge in [-0.1, -0.05) is 18.6 Å². The van der Waals surface area contributed by atoms with Gasteiger partial charge in [-0.05, 0) is 61.1 Å². The first-order chi connectivity index (χ1) is 17.5. The van der Waals surface area contributed by atoms with E-state index in [4.69, 9.17) is 4.74 Å². The number of rotatable bonds is 5. The lowest BCUT2D eigenvalue weighted by molar-refractivity contribution is -0.140. The number of aliphatic hydroxyl groups is 1. The van der Waals surface area contributed by atoms with Crippen molar-refractivity contribution >= 4 is 16.8 Å². The maximum absolute atomic E-state index is 13.6. The largest absolute Gasteiger partial charge is 0.497 e. The quantitative estimate of drug-likeness (QED) is 0.551. The van der Waals surface area contributed by atoms with Gasteiger partial charge in [0.25, 0.3) is 0 Å². The topological polar surface area (TPSA) is 68.8 Å². The molecule has 3 heterocycles. The molecule has 0 unspecified atom stereocenters. The van der Waals surface area contributed by atoms with E-state index in [0.29, 0.717) is 12.5 Å². The summed E-state index contributed by atoms with van der Waals surface area (Å²) in [5, 5.41) is 11.7. The van der Waals surface area contributed by atoms with Crippen LogP contribution in [0, 0.1) is 11.7 Å². The summed E-state index contributed by atoms with van der Waals surface area (Å²) in [7, 11) is 1.67. The SMILES string of the molecule is COc1ccc2c3c([nH]c2c1)[C@@H](CO)N(Cc1ccc(F)cc1)CC31CCN(C(=O)C2CCC2)CC1. The van der Waals surface area contributed by atoms with Gasteiger partial charge in [-0.15, -0.1) is 0 Å². The van der Waals surface area contributed by atoms with E-state index in [1.54, 1.807) is 7.11 Å². The van der Waals surface area contributed by atoms with Crippen LogP contribution in [0.1, 0.15) is 55.0 Å². The molecule has 36 heavy (non-hydrogen) atoms. The van der Waals surface area contributed by atoms with Crippen LogP contribution in [-0.2, 0) is 16.8 Å². The Hall–Kier alpha value is -2.90. The first-order valence-corrected chi connectivity index (χ1v) is 13.1. The average Bonchev–Trinajstić information content (AvgIpc) is 3.24. The number of H-pyrrole nitrogens is 1. The van der Waals surface area contributed by atoms with Crippen LogP contribution in [0.15, 0.2) is 42.5 Å². The Bertz CT molecular complexity index is 1260. The second-order valence-electron chi connectivity index (χ2n) is 10.8. The van der Waals surface area contributed by atoms with Crippen LogP contribution < -0.4 is 4.74 Å². The second-order valence-corrected chi connectivity index (χ2v) is 10.8. The molecule has 2 fully saturated rings. The number of carbonyl (C=O) groups is 1. The summed E-state index contributed by atoms with van der Waals surface area (Å²) in [5.41, 5.74) is 4.22. The molecule has 2 N–H and O–H groups in total. The lowest BCUT2D eigenvalue weighted by Gasteiger charge is -2.50. The molecule has 0 radical (unpaired) electrons. The first kappa shape index (κ1) is 23.5. The molecule has 1 saturated carbocycles. The Morgan fingerprint density at radius 2 is 1.92 bits per heavy atom. The molecule has 1 amide bonds. The number of likely N-dealkylation sites (tertiary alicyclic amines) is 1. The lowest BCUT2D eigenvalue weighted by atomic mass is 9.68. The van der Waals surface area contributed by atoms with E-state index in [-0.39, 0.29) is 29.8 Å². The maximum Gasteiger partial charge on any atom is 0.225 e. The molecule has 1 aliphatic carbocycles. The zero-order valence-corrected chi connectivity index (χ0v) is 20.8. The normalized spacial score (nSPS) is 22.0. The van der Waals surface area contributed by atoms with Crippen LogP contribution in [0.25, 0.3) is 10.9 Å². The molecule has 190 valence electrons. The number of fused-ring (bicyclic) bond motifs is 4. The number of nitrogens with zero attached hydrogens (tertiary/aromatic N) is 2. The van der Waals surface area contributed by atoms with Crippen molar-refractivity contribution in [2.24, 2.45) is 5.92 Å². The van der Waals surface area contributed by atoms with Crippen molar-refractivity contribution in [2.75, 3.05) is 33.4 Å². The molecule has 2 aliphatic heterocycles. The zero-order chi connectivity index (χ0) is 24.9. The molecular weight excluding hydrogens is 457 g/mol. The van der Waals surface area contributed by atoms with E-state index >= 15 is 0 Å². The van der Waals surface area contributed by atoms with Crippen LogP contribution in [-0.4, -0.2) is 59.1 Å². The number of amides is 1. The second kappa shape index (κ2) is 9.20. The van der Waals surface area contributed by atoms with Crippen molar-refractivity contribution in [2.45, 2.75) is 50.1 Å². The van der Waals surface area contributed by atoms with Crippen LogP contribution in [0.5, 0.6) is 5.75 Å². The number of aliphatic hydroxyl groups excluding tert-OH is 1. The van der Waals surface area contributed by atoms with Gasteiger partial charge >= 0.3 is 0 Å². The summed E-state index contributed by atoms with van der Waals surface area (Å²) >= 11 is 0. The van der Waals surface area contributed by atoms with E-state index < -0.39 is 0 Å². The van der Waals surface area contributed by atoms with Gasteiger partial charge in [0.15, 0.2) is 0 Å². The highest BCUT2D eigenvalue weighted by Gasteiger charge is 2.48. The van der Waals surface area contributed by atoms with Crippen LogP contribution in [0.4, 0.5) is 4.39 Å². The zero-order valence-electron chi connectivity index (χ0n) is 20.8. The van der Waals surface area contributed by atoms with Gasteiger partial charge in [-0.3, -0.25) is 9.69 Å². The predicted octanol–water partition coefficient (Wildman–Crippen LogP) is 4.53. The van der Waals surface area contributed by atoms with Crippen molar-refractivity contribution in [1.82, 2.24) is 14.8 Å². The van der Waals surface area contributed by atoms with Gasteiger partial charge in [0.1, 0.15) is 11.6 Å². The van der Waals surface area contributed by atoms with Gasteiger partial charge in [0.2, 0.25) is 5.91 Å². The summed E-state index contributed by atoms with van der Waals surface area (Å²) < 4.78 is 19.0. The molecule has 1 atom stereocenters. The highest BCUT2D eigenvalue weighted by molar-refractivity contribution is 5.88. The summed E-state index contributed by atoms with van der Waals surface area (Å²) in [4.78, 5) is 21.0. The Morgan fingerprint density at radius 3 is 2.56 bits per heavy atom. The third kappa shape index (κ3) is 3.89. The number of ether oxygens (including phenoxy) is 1. The highest BCUT2D eigenvalue weighted by Crippen LogP contribution is 2.49. The number of halogens is 1. The van der Waals surface area contributed by atoms with E-state index in [0.717, 1.165) is 74.3 Å². The van der Waals surface area contributed by atoms with E-state index in [1.807, 2.05) is 24.3 Å². The Kier molecular flexibility index (Phi) is 6.00. The van der Waals surface area contributed by atoms with Gasteiger partial charge in [-0.25, -0.2) is 4.39 Å². The van der Waals surface area contributed by atoms with Crippen molar-refractivity contribution in [3.05, 3.63) is 65.1 Å². The number of nitrogens with one attached hydrogen (secondary N) is 1. The highest BCUT2D eigenvalue weighted by atomic mass is 19.1. The van der Waals surface area contributed by atoms with Crippen molar-refractivity contribution < 1.29 is 19.0 Å². The summed E-state index contributed by atoms with van der Waals surface area (Å²) in [6.45, 7) is 2.90. The molecule has 6 nitrogen and oxygen atoms in total. The monoisotopic (exact) mass is 491 g/mol. The Morgan fingerprint density at radius 1 is 1.17 bits per heavy atom. The fourth-order valence-corrected chi connectivity index (χ4v) is 6.58. The summed E-state index contributed by atoms with van der Waals surface area (Å²) in [5.74, 6) is 1.09. The minimum Gasteiger partial charge on any atom is -0.497 e. The third-order valence-electron chi connectivity index (χ3n) is 8.80. The molecule has 7 heteroatoms. The number of aromatic amines is 1. The Balaban J connectivity index is 1.39. The van der Waals surface area contributed by atoms with Crippen molar-refractivity contribution in [1.29, 1.82) is 0 Å². The van der Waals surface area contributed by atoms with Gasteiger partial charge in [0, 0.05) is 60.2 Å². The van der Waals surface area contributed by atoms with E-state index in [1.165, 1.54) is 23.1 Å². The summed E-state index contributed by atoms with van der Waals surface area (Å²) in [6.07, 6.45) is 4.99. The average molecular weight is 492 g/mol. The number of aromatic nitrogens is 1. The fraction of sp³-hybridized carbons (Fsp3) is 0.483. The van der Waals surface area contributed by atoms with Crippen molar-refractivity contribution in [3.63, 3.8) is 0 Å². The number of carbonyl (C=O) groups excluding carboxylic acids is 1. The number of methoxy groups -OCH3 is 1. The van der Waals surface area contributed by atoms with E-state index in [2.05, 4.69) is 20.9 Å². The molecule has 6 rings (SSSR count). The molecule has 0 bridgehead atoms. The van der Waals surface area contributed by atoms with Crippen LogP contribution in [0.2, 0.25) is 0 Å². The lowest BCUT2D eigenvalue weighted by Crippen LogP contribution is -2.55. The van der Waals surface area contributed by atoms with Gasteiger partial charge in [0.05, 0.1) is 19.8 Å². The number of benzene rings is 2. The maximum atomic E-state index is 13.6. The molecular formula is C29H34FN3O3. The molecule has 3 aromatic rings. The minimum atomic E-state index is -0.247. The standard InChI is InChI=1S/C29H34FN3O3/c1-36-22-9-10-23-24(15-22)31-27-25(17-34)33(16-19-5-7-21(30)8-6-19)18-29(26(23)27)11-13-32(14-12-29)28(35)20-3-2-4-20/h5-10,15,20,25,31,34H,2-4,11-14,16-18H2,1H3/t25-/m1/s1. The molecule has 1 saturated heterocycles. The smallest absolute Gasteiger partial charge is 0.225 e. The molecule has 1 aromatic heterocycles. The Labute approximate surface area is 211 Å². The van der Waals surface area contributed by atoms with Gasteiger partial charge < -0.3 is 19.7 Å². The number of hydrogen-bond donors (Lipinski definition) is 2. The third-order valence-corrected chi connectivity index (χ3v) is 8.80. The van der Waals surface area contributed by atoms with Crippen LogP contribution in [0.3, 0.4) is 0 Å². The van der Waals surface area contributed by atoms with Crippen molar-refractivity contribution in [3.8, 4) is 5.75 Å². The molecule has 3 aliphatic rings. The number of hydrogen-bond acceptors (Lipinski definition) is 4. The molecule has 2 aromatic carbocycles. The fourth-order valence-electron chi connectivity index (χ4n) is 6.58. The summed E-state index contributed by atoms with van der Waals surface area (Å²) in [6, 6.07) is 12.6. The van der Waals surface area contributed by atoms with E-state index in [9.17, 15) is 14.3 Å². The van der Waals surface area contributed by atoms with Crippen LogP contribution >= 0.6 is 0 Å². The predicted molar refractivity (Wildman–Crippen MR) is 136 cm³/mol. The van der Waals surface area contributed by atoms with Gasteiger partial charge in [-0.2, -0.15) is 0 Å². The minimum absolute atomic E-state index is 0.0134. The first-order valence-electron chi connectivity index (χ1n) is 13.1.